The van der Waals surface area contributed by atoms with E-state index in [0.717, 1.165) is 11.3 Å². The highest BCUT2D eigenvalue weighted by atomic mass is 32.2. The number of carbonyl (C=O) groups excluding carboxylic acids is 1. The van der Waals surface area contributed by atoms with Crippen LogP contribution in [0.15, 0.2) is 45.9 Å². The maximum absolute atomic E-state index is 12.7. The van der Waals surface area contributed by atoms with E-state index in [9.17, 15) is 14.7 Å². The van der Waals surface area contributed by atoms with Gasteiger partial charge in [0.25, 0.3) is 5.91 Å². The first-order chi connectivity index (χ1) is 12.9. The van der Waals surface area contributed by atoms with Crippen molar-refractivity contribution in [3.05, 3.63) is 53.5 Å². The molecule has 0 unspecified atom stereocenters. The summed E-state index contributed by atoms with van der Waals surface area (Å²) in [7, 11) is 0. The van der Waals surface area contributed by atoms with E-state index in [4.69, 9.17) is 4.42 Å². The molecular formula is C21H25NO4S. The molecule has 1 fully saturated rings. The molecular weight excluding hydrogens is 362 g/mol. The minimum atomic E-state index is -1.01. The highest BCUT2D eigenvalue weighted by Crippen LogP contribution is 2.50. The molecule has 27 heavy (non-hydrogen) atoms. The lowest BCUT2D eigenvalue weighted by Crippen LogP contribution is -2.31. The van der Waals surface area contributed by atoms with E-state index in [-0.39, 0.29) is 16.9 Å². The van der Waals surface area contributed by atoms with E-state index >= 15 is 0 Å². The Hall–Kier alpha value is -2.21. The molecule has 0 bridgehead atoms. The van der Waals surface area contributed by atoms with Crippen LogP contribution in [0.1, 0.15) is 59.6 Å². The van der Waals surface area contributed by atoms with Crippen LogP contribution in [-0.4, -0.2) is 23.5 Å². The Labute approximate surface area is 163 Å². The van der Waals surface area contributed by atoms with Crippen LogP contribution < -0.4 is 5.32 Å². The maximum Gasteiger partial charge on any atom is 0.339 e. The van der Waals surface area contributed by atoms with Crippen LogP contribution in [0.25, 0.3) is 0 Å². The predicted molar refractivity (Wildman–Crippen MR) is 105 cm³/mol. The van der Waals surface area contributed by atoms with Gasteiger partial charge in [0, 0.05) is 11.4 Å². The summed E-state index contributed by atoms with van der Waals surface area (Å²) in [4.78, 5) is 24.7. The van der Waals surface area contributed by atoms with E-state index in [1.165, 1.54) is 36.9 Å². The Morgan fingerprint density at radius 2 is 1.96 bits per heavy atom. The Balaban J connectivity index is 1.64. The number of carboxylic acid groups (broad SMARTS) is 1. The van der Waals surface area contributed by atoms with Gasteiger partial charge in [0.2, 0.25) is 0 Å². The summed E-state index contributed by atoms with van der Waals surface area (Å²) in [5, 5.41) is 12.3. The lowest BCUT2D eigenvalue weighted by molar-refractivity contribution is 0.0694. The number of rotatable bonds is 9. The van der Waals surface area contributed by atoms with E-state index in [0.29, 0.717) is 29.5 Å². The third-order valence-electron chi connectivity index (χ3n) is 4.89. The summed E-state index contributed by atoms with van der Waals surface area (Å²) in [6.45, 7) is 5.14. The number of carbonyl (C=O) groups is 2. The molecule has 5 nitrogen and oxygen atoms in total. The monoisotopic (exact) mass is 387 g/mol. The number of carboxylic acids is 1. The van der Waals surface area contributed by atoms with Crippen LogP contribution in [0.3, 0.4) is 0 Å². The SMILES string of the molecule is CC(C)CC1(CNC(=O)c2ccccc2SCc2occc2C(=O)O)CC1. The smallest absolute Gasteiger partial charge is 0.339 e. The van der Waals surface area contributed by atoms with Crippen molar-refractivity contribution in [2.45, 2.75) is 43.8 Å². The summed E-state index contributed by atoms with van der Waals surface area (Å²) in [6, 6.07) is 8.85. The van der Waals surface area contributed by atoms with Gasteiger partial charge in [-0.25, -0.2) is 4.79 Å². The Bertz CT molecular complexity index is 823. The molecule has 1 amide bonds. The zero-order chi connectivity index (χ0) is 19.4. The number of furan rings is 1. The van der Waals surface area contributed by atoms with Crippen molar-refractivity contribution < 1.29 is 19.1 Å². The maximum atomic E-state index is 12.7. The molecule has 1 aliphatic rings. The molecule has 0 atom stereocenters. The quantitative estimate of drug-likeness (QED) is 0.603. The Morgan fingerprint density at radius 3 is 2.63 bits per heavy atom. The van der Waals surface area contributed by atoms with Gasteiger partial charge in [0.1, 0.15) is 11.3 Å². The standard InChI is InChI=1S/C21H25NO4S/c1-14(2)11-21(8-9-21)13-22-19(23)16-5-3-4-6-18(16)27-12-17-15(20(24)25)7-10-26-17/h3-7,10,14H,8-9,11-13H2,1-2H3,(H,22,23)(H,24,25). The van der Waals surface area contributed by atoms with E-state index < -0.39 is 5.97 Å². The van der Waals surface area contributed by atoms with Crippen LogP contribution in [0.4, 0.5) is 0 Å². The number of thioether (sulfide) groups is 1. The van der Waals surface area contributed by atoms with Crippen LogP contribution in [-0.2, 0) is 5.75 Å². The third-order valence-corrected chi connectivity index (χ3v) is 5.96. The normalized spacial score (nSPS) is 14.9. The van der Waals surface area contributed by atoms with E-state index in [1.54, 1.807) is 6.07 Å². The molecule has 1 heterocycles. The summed E-state index contributed by atoms with van der Waals surface area (Å²) >= 11 is 1.41. The molecule has 0 spiro atoms. The molecule has 1 aromatic carbocycles. The first-order valence-electron chi connectivity index (χ1n) is 9.20. The molecule has 1 aromatic heterocycles. The van der Waals surface area contributed by atoms with Crippen LogP contribution in [0.5, 0.6) is 0 Å². The first kappa shape index (κ1) is 19.5. The average Bonchev–Trinajstić information content (AvgIpc) is 3.21. The fraction of sp³-hybridized carbons (Fsp3) is 0.429. The largest absolute Gasteiger partial charge is 0.478 e. The average molecular weight is 388 g/mol. The topological polar surface area (TPSA) is 79.5 Å². The summed E-state index contributed by atoms with van der Waals surface area (Å²) < 4.78 is 5.28. The van der Waals surface area contributed by atoms with Crippen molar-refractivity contribution in [1.29, 1.82) is 0 Å². The molecule has 144 valence electrons. The highest BCUT2D eigenvalue weighted by molar-refractivity contribution is 7.98. The number of hydrogen-bond acceptors (Lipinski definition) is 4. The summed E-state index contributed by atoms with van der Waals surface area (Å²) in [6.07, 6.45) is 4.87. The molecule has 2 aromatic rings. The van der Waals surface area contributed by atoms with Crippen LogP contribution in [0.2, 0.25) is 0 Å². The number of aromatic carboxylic acids is 1. The number of amides is 1. The lowest BCUT2D eigenvalue weighted by atomic mass is 9.94. The fourth-order valence-electron chi connectivity index (χ4n) is 3.43. The van der Waals surface area contributed by atoms with Gasteiger partial charge in [-0.15, -0.1) is 11.8 Å². The molecule has 3 rings (SSSR count). The number of nitrogens with one attached hydrogen (secondary N) is 1. The van der Waals surface area contributed by atoms with Crippen molar-refractivity contribution in [2.24, 2.45) is 11.3 Å². The minimum absolute atomic E-state index is 0.0777. The molecule has 1 saturated carbocycles. The zero-order valence-electron chi connectivity index (χ0n) is 15.7. The molecule has 6 heteroatoms. The zero-order valence-corrected chi connectivity index (χ0v) is 16.5. The van der Waals surface area contributed by atoms with Crippen molar-refractivity contribution in [1.82, 2.24) is 5.32 Å². The fourth-order valence-corrected chi connectivity index (χ4v) is 4.43. The summed E-state index contributed by atoms with van der Waals surface area (Å²) in [5.41, 5.74) is 1.05. The van der Waals surface area contributed by atoms with Gasteiger partial charge in [0.05, 0.1) is 17.6 Å². The van der Waals surface area contributed by atoms with Crippen molar-refractivity contribution in [3.8, 4) is 0 Å². The second-order valence-corrected chi connectivity index (χ2v) is 8.65. The molecule has 0 radical (unpaired) electrons. The second kappa shape index (κ2) is 8.21. The molecule has 0 aliphatic heterocycles. The van der Waals surface area contributed by atoms with Gasteiger partial charge >= 0.3 is 5.97 Å². The first-order valence-corrected chi connectivity index (χ1v) is 10.2. The van der Waals surface area contributed by atoms with Crippen molar-refractivity contribution >= 4 is 23.6 Å². The van der Waals surface area contributed by atoms with E-state index in [2.05, 4.69) is 19.2 Å². The summed E-state index contributed by atoms with van der Waals surface area (Å²) in [5.74, 6) is 0.299. The second-order valence-electron chi connectivity index (χ2n) is 7.63. The number of benzene rings is 1. The highest BCUT2D eigenvalue weighted by Gasteiger charge is 2.42. The minimum Gasteiger partial charge on any atom is -0.478 e. The van der Waals surface area contributed by atoms with Gasteiger partial charge in [0.15, 0.2) is 0 Å². The Kier molecular flexibility index (Phi) is 5.95. The Morgan fingerprint density at radius 1 is 1.22 bits per heavy atom. The van der Waals surface area contributed by atoms with Gasteiger partial charge in [-0.1, -0.05) is 26.0 Å². The third kappa shape index (κ3) is 4.95. The van der Waals surface area contributed by atoms with Crippen molar-refractivity contribution in [3.63, 3.8) is 0 Å². The van der Waals surface area contributed by atoms with Crippen LogP contribution >= 0.6 is 11.8 Å². The molecule has 2 N–H and O–H groups in total. The molecule has 1 aliphatic carbocycles. The predicted octanol–water partition coefficient (Wildman–Crippen LogP) is 4.83. The van der Waals surface area contributed by atoms with Gasteiger partial charge in [-0.2, -0.15) is 0 Å². The van der Waals surface area contributed by atoms with Crippen molar-refractivity contribution in [2.75, 3.05) is 6.54 Å². The molecule has 0 saturated heterocycles. The van der Waals surface area contributed by atoms with Gasteiger partial charge in [-0.3, -0.25) is 4.79 Å². The van der Waals surface area contributed by atoms with Gasteiger partial charge < -0.3 is 14.8 Å². The van der Waals surface area contributed by atoms with Crippen LogP contribution in [0, 0.1) is 11.3 Å². The lowest BCUT2D eigenvalue weighted by Gasteiger charge is -2.18. The van der Waals surface area contributed by atoms with Gasteiger partial charge in [-0.05, 0) is 48.8 Å². The van der Waals surface area contributed by atoms with E-state index in [1.807, 2.05) is 18.2 Å². The number of hydrogen-bond donors (Lipinski definition) is 2.